The highest BCUT2D eigenvalue weighted by atomic mass is 19.1. The van der Waals surface area contributed by atoms with Gasteiger partial charge in [0.1, 0.15) is 11.2 Å². The number of hydrogen-bond acceptors (Lipinski definition) is 6. The minimum absolute atomic E-state index is 0.0414. The normalized spacial score (nSPS) is 15.1. The third-order valence-electron chi connectivity index (χ3n) is 6.39. The monoisotopic (exact) mass is 491 g/mol. The molecule has 0 saturated carbocycles. The summed E-state index contributed by atoms with van der Waals surface area (Å²) in [4.78, 5) is 33.4. The first-order chi connectivity index (χ1) is 17.1. The summed E-state index contributed by atoms with van der Waals surface area (Å²) in [6, 6.07) is 5.71. The Labute approximate surface area is 205 Å². The number of pyridine rings is 1. The third-order valence-corrected chi connectivity index (χ3v) is 6.39. The molecule has 4 radical (unpaired) electrons. The van der Waals surface area contributed by atoms with Crippen LogP contribution in [0.4, 0.5) is 18.9 Å². The molecule has 4 aromatic rings. The molecule has 9 nitrogen and oxygen atoms in total. The Morgan fingerprint density at radius 1 is 1.11 bits per heavy atom. The van der Waals surface area contributed by atoms with Crippen molar-refractivity contribution in [2.24, 2.45) is 0 Å². The van der Waals surface area contributed by atoms with Crippen molar-refractivity contribution >= 4 is 43.8 Å². The summed E-state index contributed by atoms with van der Waals surface area (Å²) in [6.07, 6.45) is 0.871. The van der Waals surface area contributed by atoms with Gasteiger partial charge in [-0.3, -0.25) is 9.59 Å². The third kappa shape index (κ3) is 3.72. The van der Waals surface area contributed by atoms with Crippen LogP contribution in [-0.2, 0) is 5.34 Å². The molecule has 1 aliphatic heterocycles. The fraction of sp³-hybridized carbons (Fsp3) is 0.273. The average Bonchev–Trinajstić information content (AvgIpc) is 3.26. The molecule has 2 N–H and O–H groups in total. The number of rotatable bonds is 4. The minimum Gasteiger partial charge on any atom is -0.365 e. The number of benzene rings is 1. The number of aromatic amines is 1. The summed E-state index contributed by atoms with van der Waals surface area (Å²) in [5, 5.41) is 4.43. The maximum atomic E-state index is 15.6. The Morgan fingerprint density at radius 3 is 2.50 bits per heavy atom. The Hall–Kier alpha value is -3.80. The number of piperazine rings is 1. The lowest BCUT2D eigenvalue weighted by molar-refractivity contribution is 0.0957. The van der Waals surface area contributed by atoms with Gasteiger partial charge in [-0.05, 0) is 29.1 Å². The van der Waals surface area contributed by atoms with Gasteiger partial charge in [0.05, 0.1) is 33.1 Å². The van der Waals surface area contributed by atoms with Crippen molar-refractivity contribution in [3.63, 3.8) is 0 Å². The topological polar surface area (TPSA) is 98.6 Å². The van der Waals surface area contributed by atoms with Crippen LogP contribution in [-0.4, -0.2) is 79.3 Å². The molecule has 0 aliphatic carbocycles. The lowest BCUT2D eigenvalue weighted by Gasteiger charge is -2.46. The quantitative estimate of drug-likeness (QED) is 0.321. The van der Waals surface area contributed by atoms with Crippen molar-refractivity contribution in [2.75, 3.05) is 38.1 Å². The van der Waals surface area contributed by atoms with Gasteiger partial charge in [0.15, 0.2) is 17.2 Å². The molecule has 36 heavy (non-hydrogen) atoms. The predicted molar refractivity (Wildman–Crippen MR) is 128 cm³/mol. The standard InChI is InChI=1S/C22H18B2F3N7O2/c1-28-20(35)13-3-5-15(19(27)30-13)32-6-8-33(9-7-32)22(23,24)11-2-4-14-17(16(11)26)31-21(36)18-12(25)10-29-34(14)18/h2-5,10H,6-9H2,1H3,(H,28,35)(H,31,36). The number of fused-ring (bicyclic) bond motifs is 3. The number of halogens is 3. The van der Waals surface area contributed by atoms with Crippen LogP contribution in [0.5, 0.6) is 0 Å². The van der Waals surface area contributed by atoms with E-state index in [2.05, 4.69) is 20.4 Å². The van der Waals surface area contributed by atoms with Gasteiger partial charge in [-0.15, -0.1) is 0 Å². The number of carbonyl (C=O) groups is 1. The highest BCUT2D eigenvalue weighted by Gasteiger charge is 2.34. The van der Waals surface area contributed by atoms with Gasteiger partial charge in [-0.25, -0.2) is 18.3 Å². The van der Waals surface area contributed by atoms with E-state index < -0.39 is 34.4 Å². The summed E-state index contributed by atoms with van der Waals surface area (Å²) < 4.78 is 45.1. The van der Waals surface area contributed by atoms with E-state index >= 15 is 4.39 Å². The Morgan fingerprint density at radius 2 is 1.83 bits per heavy atom. The van der Waals surface area contributed by atoms with Crippen LogP contribution >= 0.6 is 0 Å². The number of H-pyrrole nitrogens is 1. The number of nitrogens with one attached hydrogen (secondary N) is 2. The molecule has 1 fully saturated rings. The molecule has 5 rings (SSSR count). The van der Waals surface area contributed by atoms with E-state index in [-0.39, 0.29) is 46.6 Å². The maximum absolute atomic E-state index is 15.6. The van der Waals surface area contributed by atoms with Gasteiger partial charge in [0, 0.05) is 33.2 Å². The van der Waals surface area contributed by atoms with Crippen LogP contribution in [0.2, 0.25) is 0 Å². The summed E-state index contributed by atoms with van der Waals surface area (Å²) in [5.74, 6) is -2.99. The minimum atomic E-state index is -1.77. The van der Waals surface area contributed by atoms with Gasteiger partial charge >= 0.3 is 0 Å². The molecule has 1 aromatic carbocycles. The first-order valence-electron chi connectivity index (χ1n) is 11.0. The molecular weight excluding hydrogens is 473 g/mol. The number of nitrogens with zero attached hydrogens (tertiary/aromatic N) is 5. The van der Waals surface area contributed by atoms with Crippen LogP contribution in [0.3, 0.4) is 0 Å². The van der Waals surface area contributed by atoms with Crippen molar-refractivity contribution < 1.29 is 18.0 Å². The molecule has 4 heterocycles. The van der Waals surface area contributed by atoms with E-state index in [4.69, 9.17) is 15.7 Å². The van der Waals surface area contributed by atoms with E-state index in [0.717, 1.165) is 10.7 Å². The second-order valence-electron chi connectivity index (χ2n) is 8.41. The highest BCUT2D eigenvalue weighted by molar-refractivity contribution is 6.39. The van der Waals surface area contributed by atoms with Crippen LogP contribution in [0, 0.1) is 17.6 Å². The predicted octanol–water partition coefficient (Wildman–Crippen LogP) is 0.617. The van der Waals surface area contributed by atoms with Crippen molar-refractivity contribution in [3.8, 4) is 0 Å². The smallest absolute Gasteiger partial charge is 0.277 e. The zero-order valence-electron chi connectivity index (χ0n) is 19.1. The molecule has 180 valence electrons. The molecule has 1 saturated heterocycles. The van der Waals surface area contributed by atoms with Gasteiger partial charge in [0.25, 0.3) is 11.5 Å². The SMILES string of the molecule is [B]C([B])(c1ccc2c([nH]c(=O)c3c(F)cnn32)c1F)N1CCN(c2ccc(C(=O)NC)nc2F)CC1. The second-order valence-corrected chi connectivity index (χ2v) is 8.41. The van der Waals surface area contributed by atoms with Gasteiger partial charge in [-0.1, -0.05) is 6.07 Å². The molecule has 14 heteroatoms. The van der Waals surface area contributed by atoms with E-state index in [0.29, 0.717) is 13.1 Å². The van der Waals surface area contributed by atoms with E-state index in [1.807, 2.05) is 0 Å². The maximum Gasteiger partial charge on any atom is 0.277 e. The Bertz CT molecular complexity index is 1570. The van der Waals surface area contributed by atoms with E-state index in [1.165, 1.54) is 31.3 Å². The Kier molecular flexibility index (Phi) is 5.78. The van der Waals surface area contributed by atoms with Crippen molar-refractivity contribution in [1.29, 1.82) is 0 Å². The van der Waals surface area contributed by atoms with Crippen molar-refractivity contribution in [1.82, 2.24) is 29.8 Å². The summed E-state index contributed by atoms with van der Waals surface area (Å²) in [5.41, 5.74) is -1.17. The average molecular weight is 491 g/mol. The molecule has 0 atom stereocenters. The molecule has 0 unspecified atom stereocenters. The number of carbonyl (C=O) groups excluding carboxylic acids is 1. The zero-order valence-corrected chi connectivity index (χ0v) is 19.1. The Balaban J connectivity index is 1.41. The summed E-state index contributed by atoms with van der Waals surface area (Å²) in [6.45, 7) is 1.10. The second kappa shape index (κ2) is 8.70. The largest absolute Gasteiger partial charge is 0.365 e. The fourth-order valence-corrected chi connectivity index (χ4v) is 4.46. The van der Waals surface area contributed by atoms with Crippen molar-refractivity contribution in [2.45, 2.75) is 5.34 Å². The van der Waals surface area contributed by atoms with Crippen LogP contribution in [0.25, 0.3) is 16.6 Å². The molecular formula is C22H18B2F3N7O2. The van der Waals surface area contributed by atoms with Crippen LogP contribution in [0.1, 0.15) is 16.1 Å². The van der Waals surface area contributed by atoms with Gasteiger partial charge in [-0.2, -0.15) is 9.49 Å². The van der Waals surface area contributed by atoms with Gasteiger partial charge < -0.3 is 20.1 Å². The van der Waals surface area contributed by atoms with Crippen molar-refractivity contribution in [3.05, 3.63) is 69.7 Å². The number of anilines is 1. The van der Waals surface area contributed by atoms with E-state index in [1.54, 1.807) is 9.80 Å². The summed E-state index contributed by atoms with van der Waals surface area (Å²) in [7, 11) is 14.2. The molecule has 0 bridgehead atoms. The lowest BCUT2D eigenvalue weighted by atomic mass is 9.56. The zero-order chi connectivity index (χ0) is 25.8. The van der Waals surface area contributed by atoms with Crippen LogP contribution < -0.4 is 15.8 Å². The van der Waals surface area contributed by atoms with Gasteiger partial charge in [0.2, 0.25) is 5.95 Å². The number of hydrogen-bond donors (Lipinski definition) is 2. The molecule has 0 spiro atoms. The summed E-state index contributed by atoms with van der Waals surface area (Å²) >= 11 is 0. The number of aromatic nitrogens is 4. The van der Waals surface area contributed by atoms with E-state index in [9.17, 15) is 18.4 Å². The first-order valence-corrected chi connectivity index (χ1v) is 11.0. The molecule has 1 amide bonds. The highest BCUT2D eigenvalue weighted by Crippen LogP contribution is 2.30. The number of amides is 1. The fourth-order valence-electron chi connectivity index (χ4n) is 4.46. The molecule has 1 aliphatic rings. The first kappa shape index (κ1) is 23.9. The molecule has 3 aromatic heterocycles. The van der Waals surface area contributed by atoms with Crippen LogP contribution in [0.15, 0.2) is 35.3 Å². The lowest BCUT2D eigenvalue weighted by Crippen LogP contribution is -2.57.